The predicted molar refractivity (Wildman–Crippen MR) is 109 cm³/mol. The van der Waals surface area contributed by atoms with Crippen LogP contribution in [0.3, 0.4) is 0 Å². The van der Waals surface area contributed by atoms with Gasteiger partial charge in [-0.05, 0) is 42.3 Å². The Morgan fingerprint density at radius 3 is 2.17 bits per heavy atom. The quantitative estimate of drug-likeness (QED) is 0.571. The van der Waals surface area contributed by atoms with E-state index in [1.165, 1.54) is 25.4 Å². The molecule has 0 fully saturated rings. The Kier molecular flexibility index (Phi) is 6.47. The zero-order chi connectivity index (χ0) is 20.6. The highest BCUT2D eigenvalue weighted by Crippen LogP contribution is 2.14. The molecule has 1 heterocycles. The Morgan fingerprint density at radius 2 is 1.55 bits per heavy atom. The first kappa shape index (κ1) is 19.9. The van der Waals surface area contributed by atoms with Crippen molar-refractivity contribution in [3.8, 4) is 0 Å². The van der Waals surface area contributed by atoms with E-state index in [0.29, 0.717) is 41.4 Å². The average Bonchev–Trinajstić information content (AvgIpc) is 2.71. The third kappa shape index (κ3) is 5.83. The highest BCUT2D eigenvalue weighted by atomic mass is 19.1. The van der Waals surface area contributed by atoms with Crippen molar-refractivity contribution < 1.29 is 14.0 Å². The molecule has 148 valence electrons. The molecule has 2 amide bonds. The fourth-order valence-corrected chi connectivity index (χ4v) is 2.59. The molecule has 0 unspecified atom stereocenters. The van der Waals surface area contributed by atoms with Crippen LogP contribution in [-0.4, -0.2) is 28.3 Å². The third-order valence-corrected chi connectivity index (χ3v) is 4.01. The maximum atomic E-state index is 13.6. The minimum absolute atomic E-state index is 0.165. The van der Waals surface area contributed by atoms with Crippen LogP contribution in [0.1, 0.15) is 22.8 Å². The smallest absolute Gasteiger partial charge is 0.258 e. The van der Waals surface area contributed by atoms with Gasteiger partial charge in [0.25, 0.3) is 5.91 Å². The summed E-state index contributed by atoms with van der Waals surface area (Å²) >= 11 is 0. The summed E-state index contributed by atoms with van der Waals surface area (Å²) in [6.07, 6.45) is 3.33. The molecule has 0 spiro atoms. The van der Waals surface area contributed by atoms with Gasteiger partial charge < -0.3 is 16.0 Å². The summed E-state index contributed by atoms with van der Waals surface area (Å²) in [4.78, 5) is 31.6. The van der Waals surface area contributed by atoms with Crippen molar-refractivity contribution in [1.82, 2.24) is 9.97 Å². The van der Waals surface area contributed by atoms with Gasteiger partial charge in [-0.3, -0.25) is 9.59 Å². The van der Waals surface area contributed by atoms with Gasteiger partial charge in [-0.15, -0.1) is 0 Å². The zero-order valence-electron chi connectivity index (χ0n) is 15.8. The molecule has 0 aliphatic heterocycles. The molecule has 8 heteroatoms. The predicted octanol–water partition coefficient (Wildman–Crippen LogP) is 3.48. The molecule has 2 aromatic carbocycles. The summed E-state index contributed by atoms with van der Waals surface area (Å²) in [5.41, 5.74) is 2.14. The van der Waals surface area contributed by atoms with Crippen LogP contribution in [0.25, 0.3) is 0 Å². The number of nitrogens with one attached hydrogen (secondary N) is 3. The number of halogens is 1. The van der Waals surface area contributed by atoms with Crippen LogP contribution < -0.4 is 16.0 Å². The van der Waals surface area contributed by atoms with Gasteiger partial charge in [0, 0.05) is 37.2 Å². The highest BCUT2D eigenvalue weighted by molar-refractivity contribution is 6.04. The van der Waals surface area contributed by atoms with E-state index in [2.05, 4.69) is 25.9 Å². The van der Waals surface area contributed by atoms with Crippen LogP contribution in [0.4, 0.5) is 21.7 Å². The van der Waals surface area contributed by atoms with Crippen LogP contribution in [0.15, 0.2) is 60.9 Å². The van der Waals surface area contributed by atoms with Gasteiger partial charge >= 0.3 is 0 Å². The van der Waals surface area contributed by atoms with Gasteiger partial charge in [0.1, 0.15) is 5.82 Å². The molecule has 0 atom stereocenters. The monoisotopic (exact) mass is 393 g/mol. The summed E-state index contributed by atoms with van der Waals surface area (Å²) in [6.45, 7) is 1.89. The molecule has 7 nitrogen and oxygen atoms in total. The number of nitrogens with zero attached hydrogens (tertiary/aromatic N) is 2. The van der Waals surface area contributed by atoms with E-state index in [1.54, 1.807) is 42.5 Å². The normalized spacial score (nSPS) is 10.3. The molecule has 29 heavy (non-hydrogen) atoms. The Balaban J connectivity index is 1.52. The number of rotatable bonds is 7. The number of anilines is 3. The first-order valence-electron chi connectivity index (χ1n) is 8.99. The Bertz CT molecular complexity index is 991. The van der Waals surface area contributed by atoms with E-state index in [1.807, 2.05) is 0 Å². The molecule has 0 saturated carbocycles. The molecular weight excluding hydrogens is 373 g/mol. The minimum Gasteiger partial charge on any atom is -0.354 e. The maximum absolute atomic E-state index is 13.6. The van der Waals surface area contributed by atoms with E-state index in [9.17, 15) is 14.0 Å². The van der Waals surface area contributed by atoms with Crippen molar-refractivity contribution in [3.05, 3.63) is 77.9 Å². The topological polar surface area (TPSA) is 96.0 Å². The molecule has 3 N–H and O–H groups in total. The van der Waals surface area contributed by atoms with Crippen LogP contribution in [0.5, 0.6) is 0 Å². The van der Waals surface area contributed by atoms with E-state index in [-0.39, 0.29) is 17.6 Å². The first-order valence-corrected chi connectivity index (χ1v) is 8.99. The molecule has 0 bridgehead atoms. The molecule has 0 aliphatic carbocycles. The Labute approximate surface area is 167 Å². The molecule has 3 aromatic rings. The second-order valence-corrected chi connectivity index (χ2v) is 6.28. The van der Waals surface area contributed by atoms with Crippen molar-refractivity contribution in [1.29, 1.82) is 0 Å². The lowest BCUT2D eigenvalue weighted by Gasteiger charge is -2.08. The van der Waals surface area contributed by atoms with Gasteiger partial charge in [-0.25, -0.2) is 14.4 Å². The SMILES string of the molecule is CC(=O)Nc1ccc(NC(=O)c2cnc(NCCc3ccccc3F)nc2)cc1. The standard InChI is InChI=1S/C21H20FN5O2/c1-14(28)26-17-6-8-18(9-7-17)27-20(29)16-12-24-21(25-13-16)23-11-10-15-4-2-3-5-19(15)22/h2-9,12-13H,10-11H2,1H3,(H,26,28)(H,27,29)(H,23,24,25). The Morgan fingerprint density at radius 1 is 0.931 bits per heavy atom. The Hall–Kier alpha value is -3.81. The van der Waals surface area contributed by atoms with E-state index in [0.717, 1.165) is 0 Å². The fraction of sp³-hybridized carbons (Fsp3) is 0.143. The third-order valence-electron chi connectivity index (χ3n) is 4.01. The van der Waals surface area contributed by atoms with Crippen LogP contribution in [0, 0.1) is 5.82 Å². The summed E-state index contributed by atoms with van der Waals surface area (Å²) in [5.74, 6) is -0.401. The number of carbonyl (C=O) groups is 2. The largest absolute Gasteiger partial charge is 0.354 e. The van der Waals surface area contributed by atoms with Gasteiger partial charge in [0.2, 0.25) is 11.9 Å². The van der Waals surface area contributed by atoms with Crippen molar-refractivity contribution >= 4 is 29.1 Å². The lowest BCUT2D eigenvalue weighted by molar-refractivity contribution is -0.114. The molecular formula is C21H20FN5O2. The van der Waals surface area contributed by atoms with Gasteiger partial charge in [-0.1, -0.05) is 18.2 Å². The van der Waals surface area contributed by atoms with Crippen LogP contribution >= 0.6 is 0 Å². The van der Waals surface area contributed by atoms with Crippen molar-refractivity contribution in [2.24, 2.45) is 0 Å². The molecule has 1 aromatic heterocycles. The number of aromatic nitrogens is 2. The second kappa shape index (κ2) is 9.41. The molecule has 0 saturated heterocycles. The highest BCUT2D eigenvalue weighted by Gasteiger charge is 2.08. The number of hydrogen-bond acceptors (Lipinski definition) is 5. The van der Waals surface area contributed by atoms with E-state index < -0.39 is 0 Å². The number of amides is 2. The van der Waals surface area contributed by atoms with E-state index in [4.69, 9.17) is 0 Å². The molecule has 0 aliphatic rings. The summed E-state index contributed by atoms with van der Waals surface area (Å²) in [5, 5.41) is 8.39. The van der Waals surface area contributed by atoms with Crippen LogP contribution in [-0.2, 0) is 11.2 Å². The second-order valence-electron chi connectivity index (χ2n) is 6.28. The number of hydrogen-bond donors (Lipinski definition) is 3. The molecule has 0 radical (unpaired) electrons. The van der Waals surface area contributed by atoms with Crippen molar-refractivity contribution in [3.63, 3.8) is 0 Å². The lowest BCUT2D eigenvalue weighted by atomic mass is 10.1. The summed E-state index contributed by atoms with van der Waals surface area (Å²) < 4.78 is 13.6. The van der Waals surface area contributed by atoms with Crippen molar-refractivity contribution in [2.45, 2.75) is 13.3 Å². The minimum atomic E-state index is -0.352. The van der Waals surface area contributed by atoms with Crippen LogP contribution in [0.2, 0.25) is 0 Å². The lowest BCUT2D eigenvalue weighted by Crippen LogP contribution is -2.14. The fourth-order valence-electron chi connectivity index (χ4n) is 2.59. The van der Waals surface area contributed by atoms with E-state index >= 15 is 0 Å². The van der Waals surface area contributed by atoms with Crippen molar-refractivity contribution in [2.75, 3.05) is 22.5 Å². The molecule has 3 rings (SSSR count). The zero-order valence-corrected chi connectivity index (χ0v) is 15.8. The average molecular weight is 393 g/mol. The maximum Gasteiger partial charge on any atom is 0.258 e. The van der Waals surface area contributed by atoms with Gasteiger partial charge in [0.15, 0.2) is 0 Å². The summed E-state index contributed by atoms with van der Waals surface area (Å²) in [7, 11) is 0. The first-order chi connectivity index (χ1) is 14.0. The number of benzene rings is 2. The number of carbonyl (C=O) groups excluding carboxylic acids is 2. The van der Waals surface area contributed by atoms with Gasteiger partial charge in [0.05, 0.1) is 5.56 Å². The van der Waals surface area contributed by atoms with Gasteiger partial charge in [-0.2, -0.15) is 0 Å². The summed E-state index contributed by atoms with van der Waals surface area (Å²) in [6, 6.07) is 13.3.